The minimum atomic E-state index is 0.205. The van der Waals surface area contributed by atoms with E-state index in [9.17, 15) is 0 Å². The zero-order chi connectivity index (χ0) is 19.5. The van der Waals surface area contributed by atoms with Crippen molar-refractivity contribution >= 4 is 17.5 Å². The summed E-state index contributed by atoms with van der Waals surface area (Å²) in [4.78, 5) is 0. The van der Waals surface area contributed by atoms with Crippen LogP contribution in [0, 0.1) is 0 Å². The van der Waals surface area contributed by atoms with Crippen molar-refractivity contribution < 1.29 is 0 Å². The predicted octanol–water partition coefficient (Wildman–Crippen LogP) is 6.55. The molecule has 0 saturated heterocycles. The van der Waals surface area contributed by atoms with Crippen LogP contribution in [0.1, 0.15) is 29.2 Å². The van der Waals surface area contributed by atoms with Gasteiger partial charge < -0.3 is 0 Å². The van der Waals surface area contributed by atoms with Gasteiger partial charge in [0.15, 0.2) is 0 Å². The van der Waals surface area contributed by atoms with E-state index in [0.29, 0.717) is 0 Å². The van der Waals surface area contributed by atoms with Gasteiger partial charge >= 0.3 is 0 Å². The van der Waals surface area contributed by atoms with Crippen molar-refractivity contribution in [3.05, 3.63) is 131 Å². The summed E-state index contributed by atoms with van der Waals surface area (Å²) in [7, 11) is 0. The van der Waals surface area contributed by atoms with Gasteiger partial charge in [0, 0.05) is 6.42 Å². The molecule has 2 aliphatic rings. The number of benzene rings is 3. The number of hydrazone groups is 1. The van der Waals surface area contributed by atoms with Gasteiger partial charge in [0.2, 0.25) is 0 Å². The normalized spacial score (nSPS) is 17.7. The van der Waals surface area contributed by atoms with Gasteiger partial charge in [0.25, 0.3) is 0 Å². The van der Waals surface area contributed by atoms with Gasteiger partial charge in [-0.15, -0.1) is 0 Å². The van der Waals surface area contributed by atoms with Crippen LogP contribution in [0.4, 0.5) is 5.69 Å². The Morgan fingerprint density at radius 2 is 1.41 bits per heavy atom. The van der Waals surface area contributed by atoms with Gasteiger partial charge in [0.1, 0.15) is 0 Å². The highest BCUT2D eigenvalue weighted by Gasteiger charge is 2.29. The van der Waals surface area contributed by atoms with E-state index in [2.05, 4.69) is 114 Å². The summed E-state index contributed by atoms with van der Waals surface area (Å²) in [5.74, 6) is 0. The van der Waals surface area contributed by atoms with Crippen LogP contribution in [0.5, 0.6) is 0 Å². The lowest BCUT2D eigenvalue weighted by Gasteiger charge is -2.24. The Labute approximate surface area is 171 Å². The molecule has 0 spiro atoms. The monoisotopic (exact) mass is 374 g/mol. The molecule has 29 heavy (non-hydrogen) atoms. The molecular formula is C27H22N2. The van der Waals surface area contributed by atoms with E-state index in [1.165, 1.54) is 22.3 Å². The summed E-state index contributed by atoms with van der Waals surface area (Å²) in [6.07, 6.45) is 11.5. The number of hydrogen-bond donors (Lipinski definition) is 0. The second-order valence-corrected chi connectivity index (χ2v) is 7.34. The average Bonchev–Trinajstić information content (AvgIpc) is 3.46. The first-order valence-corrected chi connectivity index (χ1v) is 10.0. The van der Waals surface area contributed by atoms with Crippen LogP contribution in [-0.4, -0.2) is 5.71 Å². The van der Waals surface area contributed by atoms with E-state index in [-0.39, 0.29) is 6.04 Å². The summed E-state index contributed by atoms with van der Waals surface area (Å²) >= 11 is 0. The number of nitrogens with zero attached hydrogens (tertiary/aromatic N) is 2. The second-order valence-electron chi connectivity index (χ2n) is 7.34. The lowest BCUT2D eigenvalue weighted by atomic mass is 9.98. The summed E-state index contributed by atoms with van der Waals surface area (Å²) < 4.78 is 0. The summed E-state index contributed by atoms with van der Waals surface area (Å²) in [6, 6.07) is 30.0. The number of allylic oxidation sites excluding steroid dienone is 5. The van der Waals surface area contributed by atoms with E-state index in [1.807, 2.05) is 6.07 Å². The molecule has 0 N–H and O–H groups in total. The number of hydrogen-bond acceptors (Lipinski definition) is 2. The molecule has 0 radical (unpaired) electrons. The Morgan fingerprint density at radius 3 is 2.10 bits per heavy atom. The molecule has 0 unspecified atom stereocenters. The molecule has 1 aliphatic carbocycles. The third-order valence-electron chi connectivity index (χ3n) is 5.38. The van der Waals surface area contributed by atoms with Crippen LogP contribution in [0.25, 0.3) is 6.08 Å². The van der Waals surface area contributed by atoms with Crippen molar-refractivity contribution in [1.82, 2.24) is 0 Å². The molecule has 1 aliphatic heterocycles. The van der Waals surface area contributed by atoms with Gasteiger partial charge in [0.05, 0.1) is 17.4 Å². The summed E-state index contributed by atoms with van der Waals surface area (Å²) in [6.45, 7) is 0. The van der Waals surface area contributed by atoms with Gasteiger partial charge in [-0.1, -0.05) is 97.1 Å². The minimum absolute atomic E-state index is 0.205. The fourth-order valence-corrected chi connectivity index (χ4v) is 3.89. The maximum absolute atomic E-state index is 5.03. The first-order chi connectivity index (χ1) is 14.4. The first-order valence-electron chi connectivity index (χ1n) is 10.0. The summed E-state index contributed by atoms with van der Waals surface area (Å²) in [5, 5.41) is 7.20. The molecule has 0 aromatic heterocycles. The molecule has 1 heterocycles. The average molecular weight is 374 g/mol. The standard InChI is InChI=1S/C27H22N2/c1-3-11-23(12-4-1)26-20-27(24-13-5-2-6-14-24)29(28-26)25-17-15-22(16-18-25)19-21-9-7-8-10-21/h1-19,27H,20H2/t27-/m1/s1. The molecule has 0 amide bonds. The maximum atomic E-state index is 5.03. The van der Waals surface area contributed by atoms with E-state index >= 15 is 0 Å². The Bertz CT molecular complexity index is 1090. The van der Waals surface area contributed by atoms with E-state index in [0.717, 1.165) is 17.8 Å². The first kappa shape index (κ1) is 17.4. The fraction of sp³-hybridized carbons (Fsp3) is 0.0741. The lowest BCUT2D eigenvalue weighted by molar-refractivity contribution is 0.709. The largest absolute Gasteiger partial charge is 0.257 e. The zero-order valence-electron chi connectivity index (χ0n) is 16.1. The molecular weight excluding hydrogens is 352 g/mol. The van der Waals surface area contributed by atoms with Gasteiger partial charge in [-0.25, -0.2) is 0 Å². The minimum Gasteiger partial charge on any atom is -0.257 e. The fourth-order valence-electron chi connectivity index (χ4n) is 3.89. The highest BCUT2D eigenvalue weighted by atomic mass is 15.5. The quantitative estimate of drug-likeness (QED) is 0.505. The predicted molar refractivity (Wildman–Crippen MR) is 122 cm³/mol. The van der Waals surface area contributed by atoms with Crippen molar-refractivity contribution in [2.75, 3.05) is 5.01 Å². The molecule has 5 rings (SSSR count). The number of anilines is 1. The van der Waals surface area contributed by atoms with Crippen LogP contribution in [0.15, 0.2) is 120 Å². The van der Waals surface area contributed by atoms with Crippen molar-refractivity contribution in [2.45, 2.75) is 12.5 Å². The van der Waals surface area contributed by atoms with Crippen molar-refractivity contribution in [2.24, 2.45) is 5.10 Å². The molecule has 0 fully saturated rings. The molecule has 2 nitrogen and oxygen atoms in total. The van der Waals surface area contributed by atoms with E-state index in [1.54, 1.807) is 0 Å². The Hall–Kier alpha value is -3.65. The molecule has 0 saturated carbocycles. The van der Waals surface area contributed by atoms with Crippen LogP contribution >= 0.6 is 0 Å². The Kier molecular flexibility index (Phi) is 4.67. The molecule has 1 atom stereocenters. The third kappa shape index (κ3) is 3.70. The lowest BCUT2D eigenvalue weighted by Crippen LogP contribution is -2.18. The van der Waals surface area contributed by atoms with E-state index < -0.39 is 0 Å². The smallest absolute Gasteiger partial charge is 0.0831 e. The SMILES string of the molecule is C1=CC(=Cc2ccc(N3N=C(c4ccccc4)C[C@@H]3c3ccccc3)cc2)C=C1. The molecule has 0 bridgehead atoms. The summed E-state index contributed by atoms with van der Waals surface area (Å²) in [5.41, 5.74) is 7.15. The molecule has 2 heteroatoms. The van der Waals surface area contributed by atoms with Crippen LogP contribution < -0.4 is 5.01 Å². The molecule has 3 aromatic carbocycles. The second kappa shape index (κ2) is 7.76. The van der Waals surface area contributed by atoms with Crippen molar-refractivity contribution in [1.29, 1.82) is 0 Å². The molecule has 3 aromatic rings. The van der Waals surface area contributed by atoms with Crippen LogP contribution in [0.2, 0.25) is 0 Å². The topological polar surface area (TPSA) is 15.6 Å². The van der Waals surface area contributed by atoms with Crippen molar-refractivity contribution in [3.8, 4) is 0 Å². The van der Waals surface area contributed by atoms with E-state index in [4.69, 9.17) is 5.10 Å². The Morgan fingerprint density at radius 1 is 0.759 bits per heavy atom. The van der Waals surface area contributed by atoms with Crippen molar-refractivity contribution in [3.63, 3.8) is 0 Å². The number of rotatable bonds is 4. The van der Waals surface area contributed by atoms with Crippen LogP contribution in [-0.2, 0) is 0 Å². The zero-order valence-corrected chi connectivity index (χ0v) is 16.1. The van der Waals surface area contributed by atoms with Crippen LogP contribution in [0.3, 0.4) is 0 Å². The highest BCUT2D eigenvalue weighted by Crippen LogP contribution is 2.36. The molecule has 140 valence electrons. The maximum Gasteiger partial charge on any atom is 0.0831 e. The van der Waals surface area contributed by atoms with Gasteiger partial charge in [-0.3, -0.25) is 5.01 Å². The third-order valence-corrected chi connectivity index (χ3v) is 5.38. The Balaban J connectivity index is 1.49. The highest BCUT2D eigenvalue weighted by molar-refractivity contribution is 6.03. The van der Waals surface area contributed by atoms with Gasteiger partial charge in [-0.05, 0) is 40.5 Å². The van der Waals surface area contributed by atoms with Gasteiger partial charge in [-0.2, -0.15) is 5.10 Å².